The van der Waals surface area contributed by atoms with Crippen LogP contribution in [0.5, 0.6) is 11.6 Å². The molecule has 0 radical (unpaired) electrons. The molecule has 0 bridgehead atoms. The topological polar surface area (TPSA) is 131 Å². The Morgan fingerprint density at radius 1 is 1.15 bits per heavy atom. The Hall–Kier alpha value is -4.51. The number of ether oxygens (including phenoxy) is 2. The Bertz CT molecular complexity index is 1560. The van der Waals surface area contributed by atoms with Crippen LogP contribution in [0.2, 0.25) is 5.02 Å². The van der Waals surface area contributed by atoms with Crippen molar-refractivity contribution in [3.05, 3.63) is 81.8 Å². The first-order valence-electron chi connectivity index (χ1n) is 13.0. The molecule has 1 aromatic heterocycles. The lowest BCUT2D eigenvalue weighted by Gasteiger charge is -2.17. The molecule has 2 heterocycles. The largest absolute Gasteiger partial charge is 0.493 e. The van der Waals surface area contributed by atoms with Crippen LogP contribution in [0.25, 0.3) is 0 Å². The lowest BCUT2D eigenvalue weighted by atomic mass is 9.98. The van der Waals surface area contributed by atoms with Crippen molar-refractivity contribution in [2.24, 2.45) is 4.99 Å². The van der Waals surface area contributed by atoms with Crippen LogP contribution in [-0.2, 0) is 9.59 Å². The molecule has 1 atom stereocenters. The lowest BCUT2D eigenvalue weighted by molar-refractivity contribution is -0.123. The molecule has 2 aliphatic rings. The van der Waals surface area contributed by atoms with Gasteiger partial charge in [0.25, 0.3) is 17.7 Å². The highest BCUT2D eigenvalue weighted by molar-refractivity contribution is 6.37. The maximum Gasteiger partial charge on any atom is 0.269 e. The number of fused-ring (bicyclic) bond motifs is 1. The minimum atomic E-state index is -1.45. The SMILES string of the molecule is CCOc1cc(C)cc(Cl)c1C1=NC(NC(=O)c2cc(F)cnc2OCC(=O)NC2CC2)C(=O)Nc2ccccc21. The van der Waals surface area contributed by atoms with Gasteiger partial charge in [0.15, 0.2) is 6.61 Å². The lowest BCUT2D eigenvalue weighted by Crippen LogP contribution is -2.42. The Labute approximate surface area is 240 Å². The van der Waals surface area contributed by atoms with Crippen LogP contribution >= 0.6 is 11.6 Å². The number of pyridine rings is 1. The molecule has 2 aromatic carbocycles. The minimum Gasteiger partial charge on any atom is -0.493 e. The van der Waals surface area contributed by atoms with Crippen LogP contribution in [0.15, 0.2) is 53.7 Å². The van der Waals surface area contributed by atoms with Crippen molar-refractivity contribution in [1.29, 1.82) is 0 Å². The summed E-state index contributed by atoms with van der Waals surface area (Å²) in [5.74, 6) is -2.53. The third kappa shape index (κ3) is 6.46. The molecule has 3 aromatic rings. The van der Waals surface area contributed by atoms with Crippen molar-refractivity contribution >= 4 is 40.7 Å². The highest BCUT2D eigenvalue weighted by Crippen LogP contribution is 2.34. The van der Waals surface area contributed by atoms with Gasteiger partial charge in [-0.15, -0.1) is 0 Å². The number of nitrogens with one attached hydrogen (secondary N) is 3. The molecule has 212 valence electrons. The van der Waals surface area contributed by atoms with E-state index in [2.05, 4.69) is 25.9 Å². The number of carbonyl (C=O) groups excluding carboxylic acids is 3. The van der Waals surface area contributed by atoms with E-state index >= 15 is 0 Å². The van der Waals surface area contributed by atoms with Gasteiger partial charge in [0, 0.05) is 11.6 Å². The van der Waals surface area contributed by atoms with Gasteiger partial charge in [-0.2, -0.15) is 0 Å². The Balaban J connectivity index is 1.49. The van der Waals surface area contributed by atoms with E-state index in [0.29, 0.717) is 39.9 Å². The van der Waals surface area contributed by atoms with Crippen molar-refractivity contribution in [2.75, 3.05) is 18.5 Å². The van der Waals surface area contributed by atoms with Crippen molar-refractivity contribution in [2.45, 2.75) is 38.9 Å². The number of aliphatic imine (C=N–C) groups is 1. The standard InChI is InChI=1S/C29H27ClFN5O5/c1-3-40-22-11-15(2)10-20(30)24(22)25-18-6-4-5-7-21(18)34-28(39)26(35-25)36-27(38)19-12-16(31)13-32-29(19)41-14-23(37)33-17-8-9-17/h4-7,10-13,17,26H,3,8-9,14H2,1-2H3,(H,33,37)(H,34,39)(H,36,38). The van der Waals surface area contributed by atoms with Gasteiger partial charge in [0.05, 0.1) is 34.8 Å². The van der Waals surface area contributed by atoms with Gasteiger partial charge >= 0.3 is 0 Å². The number of para-hydroxylation sites is 1. The summed E-state index contributed by atoms with van der Waals surface area (Å²) in [5, 5.41) is 8.40. The highest BCUT2D eigenvalue weighted by Gasteiger charge is 2.31. The van der Waals surface area contributed by atoms with Gasteiger partial charge in [-0.25, -0.2) is 14.4 Å². The number of rotatable bonds is 9. The number of anilines is 1. The van der Waals surface area contributed by atoms with Gasteiger partial charge in [0.2, 0.25) is 12.0 Å². The average Bonchev–Trinajstić information content (AvgIpc) is 3.76. The second kappa shape index (κ2) is 11.9. The summed E-state index contributed by atoms with van der Waals surface area (Å²) in [7, 11) is 0. The van der Waals surface area contributed by atoms with Crippen LogP contribution in [0.1, 0.15) is 46.8 Å². The average molecular weight is 580 g/mol. The molecule has 41 heavy (non-hydrogen) atoms. The summed E-state index contributed by atoms with van der Waals surface area (Å²) < 4.78 is 25.5. The number of halogens is 2. The molecule has 0 saturated heterocycles. The van der Waals surface area contributed by atoms with Crippen LogP contribution in [0.3, 0.4) is 0 Å². The predicted octanol–water partition coefficient (Wildman–Crippen LogP) is 3.78. The van der Waals surface area contributed by atoms with Crippen molar-refractivity contribution in [3.8, 4) is 11.6 Å². The maximum atomic E-state index is 14.2. The fourth-order valence-corrected chi connectivity index (χ4v) is 4.66. The maximum absolute atomic E-state index is 14.2. The van der Waals surface area contributed by atoms with Crippen LogP contribution in [0.4, 0.5) is 10.1 Å². The Morgan fingerprint density at radius 3 is 2.68 bits per heavy atom. The third-order valence-corrected chi connectivity index (χ3v) is 6.59. The summed E-state index contributed by atoms with van der Waals surface area (Å²) in [6.45, 7) is 3.65. The van der Waals surface area contributed by atoms with E-state index in [9.17, 15) is 18.8 Å². The third-order valence-electron chi connectivity index (χ3n) is 6.29. The number of aromatic nitrogens is 1. The fraction of sp³-hybridized carbons (Fsp3) is 0.276. The monoisotopic (exact) mass is 579 g/mol. The molecule has 1 saturated carbocycles. The highest BCUT2D eigenvalue weighted by atomic mass is 35.5. The first-order valence-corrected chi connectivity index (χ1v) is 13.4. The number of benzodiazepines with no additional fused rings is 1. The summed E-state index contributed by atoms with van der Waals surface area (Å²) in [4.78, 5) is 47.2. The minimum absolute atomic E-state index is 0.116. The number of hydrogen-bond donors (Lipinski definition) is 3. The predicted molar refractivity (Wildman–Crippen MR) is 150 cm³/mol. The molecule has 1 aliphatic heterocycles. The van der Waals surface area contributed by atoms with Crippen LogP contribution < -0.4 is 25.4 Å². The second-order valence-corrected chi connectivity index (χ2v) is 9.99. The molecular formula is C29H27ClFN5O5. The molecule has 1 fully saturated rings. The van der Waals surface area contributed by atoms with Gasteiger partial charge < -0.3 is 25.4 Å². The Morgan fingerprint density at radius 2 is 1.93 bits per heavy atom. The quantitative estimate of drug-likeness (QED) is 0.354. The summed E-state index contributed by atoms with van der Waals surface area (Å²) in [5.41, 5.74) is 2.32. The van der Waals surface area contributed by atoms with E-state index in [1.807, 2.05) is 19.9 Å². The molecule has 5 rings (SSSR count). The van der Waals surface area contributed by atoms with E-state index in [1.54, 1.807) is 30.3 Å². The molecule has 0 spiro atoms. The molecule has 3 amide bonds. The Kier molecular flexibility index (Phi) is 8.16. The molecule has 3 N–H and O–H groups in total. The van der Waals surface area contributed by atoms with Crippen LogP contribution in [-0.4, -0.2) is 53.8 Å². The van der Waals surface area contributed by atoms with Crippen molar-refractivity contribution in [3.63, 3.8) is 0 Å². The number of amides is 3. The first-order chi connectivity index (χ1) is 19.7. The zero-order chi connectivity index (χ0) is 29.1. The fourth-order valence-electron chi connectivity index (χ4n) is 4.30. The molecular weight excluding hydrogens is 553 g/mol. The van der Waals surface area contributed by atoms with Crippen molar-refractivity contribution in [1.82, 2.24) is 15.6 Å². The van der Waals surface area contributed by atoms with Gasteiger partial charge in [-0.3, -0.25) is 14.4 Å². The van der Waals surface area contributed by atoms with Gasteiger partial charge in [-0.1, -0.05) is 29.8 Å². The number of benzene rings is 2. The van der Waals surface area contributed by atoms with E-state index in [4.69, 9.17) is 21.1 Å². The number of hydrogen-bond acceptors (Lipinski definition) is 7. The van der Waals surface area contributed by atoms with E-state index < -0.39 is 30.4 Å². The zero-order valence-electron chi connectivity index (χ0n) is 22.3. The number of nitrogens with zero attached hydrogens (tertiary/aromatic N) is 2. The van der Waals surface area contributed by atoms with Crippen LogP contribution in [0, 0.1) is 12.7 Å². The van der Waals surface area contributed by atoms with Gasteiger partial charge in [-0.05, 0) is 56.5 Å². The molecule has 1 aliphatic carbocycles. The van der Waals surface area contributed by atoms with Gasteiger partial charge in [0.1, 0.15) is 17.1 Å². The van der Waals surface area contributed by atoms with E-state index in [1.165, 1.54) is 0 Å². The molecule has 10 nitrogen and oxygen atoms in total. The normalized spacial score (nSPS) is 16.0. The number of aryl methyl sites for hydroxylation is 1. The number of carbonyl (C=O) groups is 3. The molecule has 1 unspecified atom stereocenters. The smallest absolute Gasteiger partial charge is 0.269 e. The van der Waals surface area contributed by atoms with E-state index in [-0.39, 0.29) is 23.4 Å². The second-order valence-electron chi connectivity index (χ2n) is 9.58. The zero-order valence-corrected chi connectivity index (χ0v) is 23.0. The summed E-state index contributed by atoms with van der Waals surface area (Å²) >= 11 is 6.69. The summed E-state index contributed by atoms with van der Waals surface area (Å²) in [6, 6.07) is 11.6. The van der Waals surface area contributed by atoms with Crippen molar-refractivity contribution < 1.29 is 28.2 Å². The van der Waals surface area contributed by atoms with E-state index in [0.717, 1.165) is 30.7 Å². The summed E-state index contributed by atoms with van der Waals surface area (Å²) in [6.07, 6.45) is 1.20. The first kappa shape index (κ1) is 28.0. The molecule has 12 heteroatoms.